The molecule has 0 amide bonds. The van der Waals surface area contributed by atoms with Crippen LogP contribution in [0.15, 0.2) is 23.1 Å². The monoisotopic (exact) mass is 280 g/mol. The van der Waals surface area contributed by atoms with Crippen molar-refractivity contribution in [1.82, 2.24) is 4.31 Å². The summed E-state index contributed by atoms with van der Waals surface area (Å²) in [5, 5.41) is 0. The Labute approximate surface area is 114 Å². The zero-order chi connectivity index (χ0) is 13.5. The summed E-state index contributed by atoms with van der Waals surface area (Å²) in [6.45, 7) is 1.08. The predicted molar refractivity (Wildman–Crippen MR) is 74.4 cm³/mol. The van der Waals surface area contributed by atoms with Gasteiger partial charge in [-0.1, -0.05) is 6.07 Å². The second-order valence-electron chi connectivity index (χ2n) is 5.53. The lowest BCUT2D eigenvalue weighted by atomic mass is 10.1. The van der Waals surface area contributed by atoms with Gasteiger partial charge in [-0.15, -0.1) is 0 Å². The maximum Gasteiger partial charge on any atom is 0.243 e. The van der Waals surface area contributed by atoms with Gasteiger partial charge in [-0.3, -0.25) is 0 Å². The van der Waals surface area contributed by atoms with E-state index in [2.05, 4.69) is 0 Å². The van der Waals surface area contributed by atoms with E-state index < -0.39 is 10.0 Å². The van der Waals surface area contributed by atoms with Crippen molar-refractivity contribution in [1.29, 1.82) is 0 Å². The molecular formula is C14H20N2O2S. The van der Waals surface area contributed by atoms with Crippen molar-refractivity contribution < 1.29 is 8.42 Å². The van der Waals surface area contributed by atoms with Crippen LogP contribution >= 0.6 is 0 Å². The van der Waals surface area contributed by atoms with Crippen molar-refractivity contribution in [3.8, 4) is 0 Å². The average molecular weight is 280 g/mol. The van der Waals surface area contributed by atoms with Gasteiger partial charge < -0.3 is 5.73 Å². The van der Waals surface area contributed by atoms with Gasteiger partial charge in [0.05, 0.1) is 4.90 Å². The highest BCUT2D eigenvalue weighted by Crippen LogP contribution is 2.27. The molecule has 1 saturated heterocycles. The molecule has 1 aromatic rings. The highest BCUT2D eigenvalue weighted by atomic mass is 32.2. The Kier molecular flexibility index (Phi) is 3.37. The second-order valence-corrected chi connectivity index (χ2v) is 7.46. The molecule has 19 heavy (non-hydrogen) atoms. The van der Waals surface area contributed by atoms with Crippen LogP contribution in [-0.4, -0.2) is 31.9 Å². The first-order valence-corrected chi connectivity index (χ1v) is 8.39. The fourth-order valence-corrected chi connectivity index (χ4v) is 4.49. The second kappa shape index (κ2) is 4.89. The first kappa shape index (κ1) is 13.1. The smallest absolute Gasteiger partial charge is 0.243 e. The maximum absolute atomic E-state index is 12.6. The summed E-state index contributed by atoms with van der Waals surface area (Å²) in [5.74, 6) is 0. The minimum atomic E-state index is -3.33. The van der Waals surface area contributed by atoms with Crippen molar-refractivity contribution in [2.45, 2.75) is 43.0 Å². The Balaban J connectivity index is 1.88. The molecule has 0 saturated carbocycles. The van der Waals surface area contributed by atoms with Crippen LogP contribution in [0.3, 0.4) is 0 Å². The van der Waals surface area contributed by atoms with Crippen LogP contribution in [0.25, 0.3) is 0 Å². The van der Waals surface area contributed by atoms with E-state index in [9.17, 15) is 8.42 Å². The van der Waals surface area contributed by atoms with Crippen LogP contribution in [0.1, 0.15) is 30.4 Å². The number of piperidine rings is 1. The lowest BCUT2D eigenvalue weighted by molar-refractivity contribution is 0.320. The molecule has 0 atom stereocenters. The standard InChI is InChI=1S/C14H20N2O2S/c15-13-6-8-16(9-7-13)19(17,18)14-5-4-11-2-1-3-12(11)10-14/h4-5,10,13H,1-3,6-9,15H2. The fraction of sp³-hybridized carbons (Fsp3) is 0.571. The third kappa shape index (κ3) is 2.42. The summed E-state index contributed by atoms with van der Waals surface area (Å²) in [5.41, 5.74) is 8.34. The molecule has 2 aliphatic rings. The van der Waals surface area contributed by atoms with E-state index in [0.717, 1.165) is 32.1 Å². The van der Waals surface area contributed by atoms with Crippen LogP contribution in [0.5, 0.6) is 0 Å². The summed E-state index contributed by atoms with van der Waals surface area (Å²) < 4.78 is 26.7. The summed E-state index contributed by atoms with van der Waals surface area (Å²) in [4.78, 5) is 0.448. The molecule has 4 nitrogen and oxygen atoms in total. The third-order valence-corrected chi connectivity index (χ3v) is 6.10. The van der Waals surface area contributed by atoms with Crippen molar-refractivity contribution in [3.63, 3.8) is 0 Å². The normalized spacial score (nSPS) is 21.5. The van der Waals surface area contributed by atoms with Crippen LogP contribution in [0.4, 0.5) is 0 Å². The molecule has 5 heteroatoms. The largest absolute Gasteiger partial charge is 0.328 e. The molecule has 1 heterocycles. The number of benzene rings is 1. The molecule has 0 aromatic heterocycles. The number of nitrogens with zero attached hydrogens (tertiary/aromatic N) is 1. The molecule has 0 bridgehead atoms. The molecule has 1 aliphatic carbocycles. The Morgan fingerprint density at radius 3 is 2.53 bits per heavy atom. The quantitative estimate of drug-likeness (QED) is 0.888. The van der Waals surface area contributed by atoms with E-state index in [1.807, 2.05) is 12.1 Å². The molecule has 104 valence electrons. The fourth-order valence-electron chi connectivity index (χ4n) is 2.97. The molecular weight excluding hydrogens is 260 g/mol. The molecule has 1 aromatic carbocycles. The maximum atomic E-state index is 12.6. The highest BCUT2D eigenvalue weighted by molar-refractivity contribution is 7.89. The average Bonchev–Trinajstić information content (AvgIpc) is 2.86. The minimum Gasteiger partial charge on any atom is -0.328 e. The van der Waals surface area contributed by atoms with Crippen LogP contribution in [0.2, 0.25) is 0 Å². The van der Waals surface area contributed by atoms with Gasteiger partial charge in [0.1, 0.15) is 0 Å². The van der Waals surface area contributed by atoms with E-state index in [4.69, 9.17) is 5.73 Å². The number of hydrogen-bond acceptors (Lipinski definition) is 3. The van der Waals surface area contributed by atoms with Gasteiger partial charge in [0, 0.05) is 19.1 Å². The number of aryl methyl sites for hydroxylation is 2. The van der Waals surface area contributed by atoms with E-state index in [1.165, 1.54) is 11.1 Å². The van der Waals surface area contributed by atoms with Crippen LogP contribution in [-0.2, 0) is 22.9 Å². The Morgan fingerprint density at radius 2 is 1.79 bits per heavy atom. The van der Waals surface area contributed by atoms with E-state index >= 15 is 0 Å². The first-order chi connectivity index (χ1) is 9.07. The summed E-state index contributed by atoms with van der Waals surface area (Å²) in [6.07, 6.45) is 4.73. The van der Waals surface area contributed by atoms with Gasteiger partial charge in [0.15, 0.2) is 0 Å². The molecule has 0 spiro atoms. The number of nitrogens with two attached hydrogens (primary N) is 1. The summed E-state index contributed by atoms with van der Waals surface area (Å²) in [7, 11) is -3.33. The third-order valence-electron chi connectivity index (χ3n) is 4.21. The van der Waals surface area contributed by atoms with Crippen LogP contribution in [0, 0.1) is 0 Å². The Hall–Kier alpha value is -0.910. The first-order valence-electron chi connectivity index (χ1n) is 6.95. The summed E-state index contributed by atoms with van der Waals surface area (Å²) >= 11 is 0. The molecule has 1 fully saturated rings. The van der Waals surface area contributed by atoms with Crippen molar-refractivity contribution in [2.24, 2.45) is 5.73 Å². The molecule has 0 unspecified atom stereocenters. The predicted octanol–water partition coefficient (Wildman–Crippen LogP) is 1.29. The van der Waals surface area contributed by atoms with Crippen molar-refractivity contribution in [2.75, 3.05) is 13.1 Å². The number of hydrogen-bond donors (Lipinski definition) is 1. The van der Waals surface area contributed by atoms with E-state index in [0.29, 0.717) is 18.0 Å². The van der Waals surface area contributed by atoms with Gasteiger partial charge >= 0.3 is 0 Å². The van der Waals surface area contributed by atoms with Crippen molar-refractivity contribution in [3.05, 3.63) is 29.3 Å². The zero-order valence-corrected chi connectivity index (χ0v) is 11.8. The molecule has 0 radical (unpaired) electrons. The van der Waals surface area contributed by atoms with E-state index in [-0.39, 0.29) is 6.04 Å². The Morgan fingerprint density at radius 1 is 1.11 bits per heavy atom. The van der Waals surface area contributed by atoms with Gasteiger partial charge in [-0.05, 0) is 55.4 Å². The number of rotatable bonds is 2. The number of sulfonamides is 1. The number of fused-ring (bicyclic) bond motifs is 1. The van der Waals surface area contributed by atoms with Crippen LogP contribution < -0.4 is 5.73 Å². The Bertz CT molecular complexity index is 575. The van der Waals surface area contributed by atoms with Gasteiger partial charge in [0.2, 0.25) is 10.0 Å². The summed E-state index contributed by atoms with van der Waals surface area (Å²) in [6, 6.07) is 5.75. The minimum absolute atomic E-state index is 0.145. The van der Waals surface area contributed by atoms with E-state index in [1.54, 1.807) is 10.4 Å². The SMILES string of the molecule is NC1CCN(S(=O)(=O)c2ccc3c(c2)CCC3)CC1. The van der Waals surface area contributed by atoms with Crippen molar-refractivity contribution >= 4 is 10.0 Å². The highest BCUT2D eigenvalue weighted by Gasteiger charge is 2.28. The van der Waals surface area contributed by atoms with Gasteiger partial charge in [-0.2, -0.15) is 4.31 Å². The molecule has 2 N–H and O–H groups in total. The van der Waals surface area contributed by atoms with Gasteiger partial charge in [-0.25, -0.2) is 8.42 Å². The topological polar surface area (TPSA) is 63.4 Å². The molecule has 3 rings (SSSR count). The lowest BCUT2D eigenvalue weighted by Crippen LogP contribution is -2.42. The van der Waals surface area contributed by atoms with Gasteiger partial charge in [0.25, 0.3) is 0 Å². The lowest BCUT2D eigenvalue weighted by Gasteiger charge is -2.29. The zero-order valence-electron chi connectivity index (χ0n) is 11.0. The molecule has 1 aliphatic heterocycles.